The van der Waals surface area contributed by atoms with Gasteiger partial charge in [-0.15, -0.1) is 0 Å². The summed E-state index contributed by atoms with van der Waals surface area (Å²) in [5.74, 6) is -1.13. The summed E-state index contributed by atoms with van der Waals surface area (Å²) < 4.78 is 20.0. The van der Waals surface area contributed by atoms with Crippen LogP contribution in [-0.2, 0) is 25.6 Å². The molecule has 0 radical (unpaired) electrons. The van der Waals surface area contributed by atoms with Crippen molar-refractivity contribution in [3.05, 3.63) is 59.2 Å². The molecule has 10 heteroatoms. The standard InChI is InChI=1S/C21H20N2O8/c1-12(19(25)28-2)30-14-6-4-5-13(9-14)10-16-18(24)23(21(27)22-16)11-15-7-8-17(31-15)20(26)29-3/h4-10,12H,11H2,1-3H3,(H,22,27)/b16-10-/t12-/m0/s1. The number of imide groups is 1. The van der Waals surface area contributed by atoms with Gasteiger partial charge < -0.3 is 23.9 Å². The molecule has 2 aromatic rings. The van der Waals surface area contributed by atoms with E-state index in [9.17, 15) is 19.2 Å². The number of urea groups is 1. The lowest BCUT2D eigenvalue weighted by molar-refractivity contribution is -0.147. The molecular formula is C21H20N2O8. The van der Waals surface area contributed by atoms with E-state index >= 15 is 0 Å². The maximum Gasteiger partial charge on any atom is 0.373 e. The fourth-order valence-electron chi connectivity index (χ4n) is 2.81. The van der Waals surface area contributed by atoms with E-state index in [0.717, 1.165) is 4.90 Å². The number of carbonyl (C=O) groups excluding carboxylic acids is 4. The summed E-state index contributed by atoms with van der Waals surface area (Å²) in [5.41, 5.74) is 0.633. The highest BCUT2D eigenvalue weighted by Crippen LogP contribution is 2.21. The lowest BCUT2D eigenvalue weighted by atomic mass is 10.1. The number of benzene rings is 1. The highest BCUT2D eigenvalue weighted by atomic mass is 16.6. The predicted octanol–water partition coefficient (Wildman–Crippen LogP) is 2.10. The molecule has 3 amide bonds. The van der Waals surface area contributed by atoms with Crippen LogP contribution in [0.25, 0.3) is 6.08 Å². The molecule has 0 bridgehead atoms. The number of hydrogen-bond donors (Lipinski definition) is 1. The Bertz CT molecular complexity index is 1060. The molecule has 0 aliphatic carbocycles. The third-order valence-corrected chi connectivity index (χ3v) is 4.34. The van der Waals surface area contributed by atoms with Crippen molar-refractivity contribution >= 4 is 30.0 Å². The third kappa shape index (κ3) is 4.92. The first-order valence-corrected chi connectivity index (χ1v) is 9.18. The first-order valence-electron chi connectivity index (χ1n) is 9.18. The average molecular weight is 428 g/mol. The Morgan fingerprint density at radius 1 is 1.16 bits per heavy atom. The molecule has 1 N–H and O–H groups in total. The van der Waals surface area contributed by atoms with Gasteiger partial charge in [0, 0.05) is 0 Å². The largest absolute Gasteiger partial charge is 0.479 e. The van der Waals surface area contributed by atoms with E-state index in [4.69, 9.17) is 9.15 Å². The second kappa shape index (κ2) is 9.16. The van der Waals surface area contributed by atoms with E-state index in [0.29, 0.717) is 11.3 Å². The van der Waals surface area contributed by atoms with Gasteiger partial charge in [-0.2, -0.15) is 0 Å². The number of furan rings is 1. The Labute approximate surface area is 177 Å². The Hall–Kier alpha value is -4.08. The maximum absolute atomic E-state index is 12.7. The molecule has 10 nitrogen and oxygen atoms in total. The predicted molar refractivity (Wildman–Crippen MR) is 106 cm³/mol. The van der Waals surface area contributed by atoms with Gasteiger partial charge in [0.1, 0.15) is 17.2 Å². The van der Waals surface area contributed by atoms with Crippen molar-refractivity contribution in [3.8, 4) is 5.75 Å². The molecule has 1 aromatic carbocycles. The number of methoxy groups -OCH3 is 2. The first-order chi connectivity index (χ1) is 14.8. The molecule has 0 spiro atoms. The molecule has 0 unspecified atom stereocenters. The number of nitrogens with one attached hydrogen (secondary N) is 1. The molecule has 0 saturated carbocycles. The van der Waals surface area contributed by atoms with E-state index in [1.54, 1.807) is 31.2 Å². The van der Waals surface area contributed by atoms with Gasteiger partial charge in [-0.3, -0.25) is 9.69 Å². The van der Waals surface area contributed by atoms with Crippen LogP contribution in [0.4, 0.5) is 4.79 Å². The molecule has 1 fully saturated rings. The zero-order valence-corrected chi connectivity index (χ0v) is 17.0. The highest BCUT2D eigenvalue weighted by Gasteiger charge is 2.34. The monoisotopic (exact) mass is 428 g/mol. The van der Waals surface area contributed by atoms with Crippen LogP contribution in [-0.4, -0.2) is 49.1 Å². The lowest BCUT2D eigenvalue weighted by Gasteiger charge is -2.12. The number of esters is 2. The van der Waals surface area contributed by atoms with Crippen molar-refractivity contribution < 1.29 is 37.8 Å². The minimum atomic E-state index is -0.806. The van der Waals surface area contributed by atoms with Gasteiger partial charge in [0.25, 0.3) is 5.91 Å². The third-order valence-electron chi connectivity index (χ3n) is 4.34. The zero-order chi connectivity index (χ0) is 22.5. The van der Waals surface area contributed by atoms with Crippen molar-refractivity contribution in [2.24, 2.45) is 0 Å². The van der Waals surface area contributed by atoms with Crippen molar-refractivity contribution in [1.82, 2.24) is 10.2 Å². The molecule has 1 saturated heterocycles. The summed E-state index contributed by atoms with van der Waals surface area (Å²) >= 11 is 0. The number of carbonyl (C=O) groups is 4. The van der Waals surface area contributed by atoms with E-state index in [-0.39, 0.29) is 23.8 Å². The molecular weight excluding hydrogens is 408 g/mol. The molecule has 1 atom stereocenters. The summed E-state index contributed by atoms with van der Waals surface area (Å²) in [6.45, 7) is 1.40. The molecule has 1 aromatic heterocycles. The number of ether oxygens (including phenoxy) is 3. The molecule has 3 rings (SSSR count). The summed E-state index contributed by atoms with van der Waals surface area (Å²) in [6, 6.07) is 8.91. The number of hydrogen-bond acceptors (Lipinski definition) is 8. The Kier molecular flexibility index (Phi) is 6.39. The van der Waals surface area contributed by atoms with Crippen LogP contribution < -0.4 is 10.1 Å². The van der Waals surface area contributed by atoms with Gasteiger partial charge in [0.2, 0.25) is 5.76 Å². The Morgan fingerprint density at radius 3 is 2.65 bits per heavy atom. The summed E-state index contributed by atoms with van der Waals surface area (Å²) in [7, 11) is 2.48. The molecule has 2 heterocycles. The van der Waals surface area contributed by atoms with Crippen LogP contribution >= 0.6 is 0 Å². The number of amides is 3. The van der Waals surface area contributed by atoms with Crippen LogP contribution in [0.15, 0.2) is 46.5 Å². The summed E-state index contributed by atoms with van der Waals surface area (Å²) in [4.78, 5) is 48.8. The van der Waals surface area contributed by atoms with Crippen molar-refractivity contribution in [1.29, 1.82) is 0 Å². The second-order valence-electron chi connectivity index (χ2n) is 6.49. The van der Waals surface area contributed by atoms with Crippen molar-refractivity contribution in [3.63, 3.8) is 0 Å². The number of nitrogens with zero attached hydrogens (tertiary/aromatic N) is 1. The highest BCUT2D eigenvalue weighted by molar-refractivity contribution is 6.13. The quantitative estimate of drug-likeness (QED) is 0.404. The molecule has 162 valence electrons. The van der Waals surface area contributed by atoms with Gasteiger partial charge in [-0.1, -0.05) is 12.1 Å². The van der Waals surface area contributed by atoms with Crippen LogP contribution in [0.3, 0.4) is 0 Å². The minimum absolute atomic E-state index is 0.0293. The molecule has 1 aliphatic rings. The van der Waals surface area contributed by atoms with Gasteiger partial charge in [0.15, 0.2) is 6.10 Å². The van der Waals surface area contributed by atoms with Crippen LogP contribution in [0.1, 0.15) is 28.8 Å². The average Bonchev–Trinajstić information content (AvgIpc) is 3.33. The van der Waals surface area contributed by atoms with E-state index in [2.05, 4.69) is 14.8 Å². The summed E-state index contributed by atoms with van der Waals surface area (Å²) in [6.07, 6.45) is 0.678. The van der Waals surface area contributed by atoms with E-state index < -0.39 is 30.0 Å². The van der Waals surface area contributed by atoms with Crippen LogP contribution in [0.5, 0.6) is 5.75 Å². The fourth-order valence-corrected chi connectivity index (χ4v) is 2.81. The zero-order valence-electron chi connectivity index (χ0n) is 17.0. The summed E-state index contributed by atoms with van der Waals surface area (Å²) in [5, 5.41) is 2.50. The van der Waals surface area contributed by atoms with Gasteiger partial charge in [-0.25, -0.2) is 14.4 Å². The van der Waals surface area contributed by atoms with E-state index in [1.165, 1.54) is 32.4 Å². The number of rotatable bonds is 7. The van der Waals surface area contributed by atoms with Gasteiger partial charge in [0.05, 0.1) is 20.8 Å². The Balaban J connectivity index is 1.73. The Morgan fingerprint density at radius 2 is 1.94 bits per heavy atom. The maximum atomic E-state index is 12.7. The molecule has 1 aliphatic heterocycles. The van der Waals surface area contributed by atoms with Gasteiger partial charge in [-0.05, 0) is 42.8 Å². The lowest BCUT2D eigenvalue weighted by Crippen LogP contribution is -2.30. The minimum Gasteiger partial charge on any atom is -0.479 e. The van der Waals surface area contributed by atoms with E-state index in [1.807, 2.05) is 0 Å². The van der Waals surface area contributed by atoms with Crippen LogP contribution in [0, 0.1) is 0 Å². The smallest absolute Gasteiger partial charge is 0.373 e. The molecule has 31 heavy (non-hydrogen) atoms. The fraction of sp³-hybridized carbons (Fsp3) is 0.238. The normalized spacial score (nSPS) is 15.6. The van der Waals surface area contributed by atoms with Gasteiger partial charge >= 0.3 is 18.0 Å². The second-order valence-corrected chi connectivity index (χ2v) is 6.49. The van der Waals surface area contributed by atoms with Crippen molar-refractivity contribution in [2.45, 2.75) is 19.6 Å². The van der Waals surface area contributed by atoms with Crippen LogP contribution in [0.2, 0.25) is 0 Å². The van der Waals surface area contributed by atoms with Crippen molar-refractivity contribution in [2.75, 3.05) is 14.2 Å². The first kappa shape index (κ1) is 21.6. The topological polar surface area (TPSA) is 124 Å². The SMILES string of the molecule is COC(=O)c1ccc(CN2C(=O)N/C(=C\c3cccc(O[C@@H](C)C(=O)OC)c3)C2=O)o1.